The molecule has 0 unspecified atom stereocenters. The molecular formula is C43H60N8O10. The van der Waals surface area contributed by atoms with Crippen molar-refractivity contribution in [2.45, 2.75) is 122 Å². The lowest BCUT2D eigenvalue weighted by Gasteiger charge is -2.30. The van der Waals surface area contributed by atoms with Crippen LogP contribution in [0.15, 0.2) is 54.6 Å². The second-order valence-corrected chi connectivity index (χ2v) is 16.3. The molecule has 0 radical (unpaired) electrons. The number of hydrogen-bond acceptors (Lipinski definition) is 12. The van der Waals surface area contributed by atoms with Gasteiger partial charge < -0.3 is 47.6 Å². The second kappa shape index (κ2) is 22.6. The molecule has 332 valence electrons. The van der Waals surface area contributed by atoms with Crippen LogP contribution in [0.3, 0.4) is 0 Å². The summed E-state index contributed by atoms with van der Waals surface area (Å²) in [6.07, 6.45) is 1.35. The van der Waals surface area contributed by atoms with E-state index in [2.05, 4.69) is 21.3 Å². The van der Waals surface area contributed by atoms with Crippen LogP contribution in [0.4, 0.5) is 0 Å². The average molecular weight is 849 g/mol. The lowest BCUT2D eigenvalue weighted by molar-refractivity contribution is -0.199. The van der Waals surface area contributed by atoms with E-state index < -0.39 is 89.5 Å². The first-order valence-corrected chi connectivity index (χ1v) is 20.9. The predicted octanol–water partition coefficient (Wildman–Crippen LogP) is 0.483. The highest BCUT2D eigenvalue weighted by Gasteiger charge is 2.40. The topological polar surface area (TPSA) is 273 Å². The Hall–Kier alpha value is -5.88. The third kappa shape index (κ3) is 13.8. The number of likely N-dealkylation sites (tertiary alicyclic amines) is 1. The van der Waals surface area contributed by atoms with Crippen molar-refractivity contribution in [1.82, 2.24) is 31.2 Å². The molecule has 18 heteroatoms. The van der Waals surface area contributed by atoms with Crippen molar-refractivity contribution < 1.29 is 48.3 Å². The van der Waals surface area contributed by atoms with Gasteiger partial charge in [-0.1, -0.05) is 70.2 Å². The smallest absolute Gasteiger partial charge is 0.355 e. The van der Waals surface area contributed by atoms with Crippen molar-refractivity contribution in [3.8, 4) is 5.75 Å². The molecule has 2 fully saturated rings. The summed E-state index contributed by atoms with van der Waals surface area (Å²) < 4.78 is 0. The normalized spacial score (nSPS) is 17.7. The second-order valence-electron chi connectivity index (χ2n) is 16.3. The van der Waals surface area contributed by atoms with Crippen LogP contribution in [0.25, 0.3) is 0 Å². The largest absolute Gasteiger partial charge is 0.508 e. The van der Waals surface area contributed by atoms with Crippen molar-refractivity contribution in [2.24, 2.45) is 23.3 Å². The summed E-state index contributed by atoms with van der Waals surface area (Å²) >= 11 is 0. The molecule has 9 N–H and O–H groups in total. The summed E-state index contributed by atoms with van der Waals surface area (Å²) in [7, 11) is 0. The van der Waals surface area contributed by atoms with Crippen LogP contribution in [0, 0.1) is 11.8 Å². The van der Waals surface area contributed by atoms with E-state index in [1.165, 1.54) is 17.0 Å². The molecular weight excluding hydrogens is 789 g/mol. The van der Waals surface area contributed by atoms with Crippen LogP contribution < -0.4 is 32.7 Å². The Morgan fingerprint density at radius 3 is 2.00 bits per heavy atom. The molecule has 0 spiro atoms. The highest BCUT2D eigenvalue weighted by atomic mass is 16.7. The molecule has 0 aromatic heterocycles. The van der Waals surface area contributed by atoms with Crippen LogP contribution >= 0.6 is 0 Å². The van der Waals surface area contributed by atoms with Gasteiger partial charge in [0.05, 0.1) is 6.04 Å². The zero-order valence-corrected chi connectivity index (χ0v) is 35.3. The molecule has 2 aromatic carbocycles. The molecule has 2 saturated heterocycles. The molecule has 0 bridgehead atoms. The number of rotatable bonds is 21. The van der Waals surface area contributed by atoms with E-state index in [1.807, 2.05) is 30.3 Å². The maximum absolute atomic E-state index is 14.2. The Balaban J connectivity index is 1.50. The summed E-state index contributed by atoms with van der Waals surface area (Å²) in [6, 6.07) is 8.58. The zero-order valence-electron chi connectivity index (χ0n) is 35.3. The van der Waals surface area contributed by atoms with Gasteiger partial charge >= 0.3 is 5.97 Å². The van der Waals surface area contributed by atoms with Crippen LogP contribution in [0.1, 0.15) is 83.8 Å². The molecule has 61 heavy (non-hydrogen) atoms. The summed E-state index contributed by atoms with van der Waals surface area (Å²) in [5.41, 5.74) is 13.5. The molecule has 2 aliphatic heterocycles. The van der Waals surface area contributed by atoms with Crippen molar-refractivity contribution in [2.75, 3.05) is 13.1 Å². The van der Waals surface area contributed by atoms with Crippen molar-refractivity contribution in [3.05, 3.63) is 65.7 Å². The van der Waals surface area contributed by atoms with Crippen LogP contribution in [-0.2, 0) is 56.0 Å². The van der Waals surface area contributed by atoms with Gasteiger partial charge in [-0.25, -0.2) is 4.79 Å². The molecule has 2 aliphatic rings. The summed E-state index contributed by atoms with van der Waals surface area (Å²) in [5, 5.41) is 21.1. The number of nitrogens with one attached hydrogen (secondary N) is 4. The van der Waals surface area contributed by atoms with Gasteiger partial charge in [0.25, 0.3) is 11.8 Å². The predicted molar refractivity (Wildman–Crippen MR) is 222 cm³/mol. The van der Waals surface area contributed by atoms with Crippen LogP contribution in [0.5, 0.6) is 5.75 Å². The van der Waals surface area contributed by atoms with Crippen LogP contribution in [-0.4, -0.2) is 112 Å². The number of nitrogens with two attached hydrogens (primary N) is 2. The average Bonchev–Trinajstić information content (AvgIpc) is 3.84. The first kappa shape index (κ1) is 47.8. The monoisotopic (exact) mass is 848 g/mol. The van der Waals surface area contributed by atoms with E-state index >= 15 is 0 Å². The Labute approximate surface area is 355 Å². The van der Waals surface area contributed by atoms with Gasteiger partial charge in [-0.15, -0.1) is 5.06 Å². The fourth-order valence-electron chi connectivity index (χ4n) is 7.23. The summed E-state index contributed by atoms with van der Waals surface area (Å²) in [5.74, 6) is -6.22. The van der Waals surface area contributed by atoms with Gasteiger partial charge in [-0.05, 0) is 80.2 Å². The number of carbonyl (C=O) groups excluding carboxylic acids is 8. The zero-order chi connectivity index (χ0) is 44.8. The van der Waals surface area contributed by atoms with Crippen molar-refractivity contribution >= 4 is 47.3 Å². The van der Waals surface area contributed by atoms with E-state index in [1.54, 1.807) is 39.8 Å². The number of amides is 7. The minimum absolute atomic E-state index is 0.00489. The highest BCUT2D eigenvalue weighted by Crippen LogP contribution is 2.21. The summed E-state index contributed by atoms with van der Waals surface area (Å²) in [6.45, 7) is 7.44. The number of benzene rings is 2. The van der Waals surface area contributed by atoms with Crippen molar-refractivity contribution in [3.63, 3.8) is 0 Å². The number of hydroxylamine groups is 2. The van der Waals surface area contributed by atoms with Gasteiger partial charge in [0.2, 0.25) is 29.5 Å². The molecule has 6 atom stereocenters. The first-order chi connectivity index (χ1) is 29.0. The molecule has 0 saturated carbocycles. The maximum Gasteiger partial charge on any atom is 0.355 e. The Morgan fingerprint density at radius 2 is 1.39 bits per heavy atom. The number of phenols is 1. The molecule has 2 heterocycles. The van der Waals surface area contributed by atoms with E-state index in [9.17, 15) is 43.5 Å². The van der Waals surface area contributed by atoms with Crippen LogP contribution in [0.2, 0.25) is 0 Å². The van der Waals surface area contributed by atoms with E-state index in [0.717, 1.165) is 5.56 Å². The molecule has 2 aromatic rings. The van der Waals surface area contributed by atoms with E-state index in [4.69, 9.17) is 16.3 Å². The highest BCUT2D eigenvalue weighted by molar-refractivity contribution is 6.02. The third-order valence-corrected chi connectivity index (χ3v) is 10.5. The fraction of sp³-hybridized carbons (Fsp3) is 0.535. The fourth-order valence-corrected chi connectivity index (χ4v) is 7.23. The number of phenolic OH excluding ortho intramolecular Hbond substituents is 1. The number of carbonyl (C=O) groups is 8. The van der Waals surface area contributed by atoms with Gasteiger partial charge in [-0.2, -0.15) is 0 Å². The SMILES string of the molecule is CC(C)C[C@H](NC(=O)[C@H](CCCN)NC(=O)[C@@H](NC(=O)[C@@H](Cc1ccc(O)cc1)NC(=O)[C@@H]1CCCN1C(=O)[C@@H](N)Cc1ccccc1)C(C)C)C(=O)ON1C(=O)CCC1=O. The maximum atomic E-state index is 14.2. The lowest BCUT2D eigenvalue weighted by atomic mass is 9.99. The minimum atomic E-state index is -1.28. The standard InChI is InChI=1S/C43H60N8O10/c1-25(2)22-33(43(60)61-51-35(53)18-19-36(51)54)48-38(55)31(12-8-20-44)46-41(58)37(26(3)4)49-39(56)32(24-28-14-16-29(52)17-15-28)47-40(57)34-13-9-21-50(34)42(59)30(45)23-27-10-6-5-7-11-27/h5-7,10-11,14-17,25-26,30-34,37,52H,8-9,12-13,18-24,44-45H2,1-4H3,(H,46,58)(H,47,57)(H,48,55)(H,49,56)/t30-,31-,32+,33-,34-,37-/m0/s1. The number of nitrogens with zero attached hydrogens (tertiary/aromatic N) is 2. The lowest BCUT2D eigenvalue weighted by Crippen LogP contribution is -2.60. The van der Waals surface area contributed by atoms with E-state index in [0.29, 0.717) is 36.4 Å². The first-order valence-electron chi connectivity index (χ1n) is 20.9. The Kier molecular flexibility index (Phi) is 17.7. The van der Waals surface area contributed by atoms with Gasteiger partial charge in [0.15, 0.2) is 0 Å². The van der Waals surface area contributed by atoms with Gasteiger partial charge in [-0.3, -0.25) is 33.6 Å². The molecule has 7 amide bonds. The molecule has 18 nitrogen and oxygen atoms in total. The van der Waals surface area contributed by atoms with Gasteiger partial charge in [0.1, 0.15) is 36.0 Å². The van der Waals surface area contributed by atoms with Gasteiger partial charge in [0, 0.05) is 25.8 Å². The third-order valence-electron chi connectivity index (χ3n) is 10.5. The number of aromatic hydroxyl groups is 1. The Morgan fingerprint density at radius 1 is 0.787 bits per heavy atom. The number of hydrogen-bond donors (Lipinski definition) is 7. The molecule has 0 aliphatic carbocycles. The number of imide groups is 1. The summed E-state index contributed by atoms with van der Waals surface area (Å²) in [4.78, 5) is 113. The Bertz CT molecular complexity index is 1860. The molecule has 4 rings (SSSR count). The minimum Gasteiger partial charge on any atom is -0.508 e. The van der Waals surface area contributed by atoms with E-state index in [-0.39, 0.29) is 56.7 Å². The quantitative estimate of drug-likeness (QED) is 0.0846. The van der Waals surface area contributed by atoms with Crippen molar-refractivity contribution in [1.29, 1.82) is 0 Å².